The number of hydrogen-bond acceptors (Lipinski definition) is 1. The Morgan fingerprint density at radius 2 is 1.92 bits per heavy atom. The summed E-state index contributed by atoms with van der Waals surface area (Å²) in [7, 11) is 0. The molecule has 0 bridgehead atoms. The van der Waals surface area contributed by atoms with Crippen molar-refractivity contribution in [1.82, 2.24) is 4.98 Å². The number of aromatic nitrogens is 1. The van der Waals surface area contributed by atoms with Crippen molar-refractivity contribution in [2.75, 3.05) is 0 Å². The highest BCUT2D eigenvalue weighted by atomic mass is 35.5. The first-order valence-corrected chi connectivity index (χ1v) is 5.01. The van der Waals surface area contributed by atoms with Crippen molar-refractivity contribution in [1.29, 1.82) is 0 Å². The maximum absolute atomic E-state index is 5.76. The van der Waals surface area contributed by atoms with Crippen LogP contribution in [-0.2, 0) is 11.3 Å². The van der Waals surface area contributed by atoms with Crippen molar-refractivity contribution in [3.63, 3.8) is 0 Å². The fraction of sp³-hybridized carbons (Fsp3) is 0.545. The summed E-state index contributed by atoms with van der Waals surface area (Å²) < 4.78 is 0. The van der Waals surface area contributed by atoms with Gasteiger partial charge in [0.1, 0.15) is 0 Å². The Labute approximate surface area is 85.1 Å². The van der Waals surface area contributed by atoms with Gasteiger partial charge in [0.25, 0.3) is 0 Å². The molecule has 1 nitrogen and oxygen atoms in total. The Hall–Kier alpha value is -0.560. The molecule has 13 heavy (non-hydrogen) atoms. The zero-order valence-corrected chi connectivity index (χ0v) is 9.44. The second-order valence-corrected chi connectivity index (χ2v) is 4.59. The molecule has 0 aliphatic rings. The summed E-state index contributed by atoms with van der Waals surface area (Å²) in [5.74, 6) is 0.545. The quantitative estimate of drug-likeness (QED) is 0.629. The predicted octanol–water partition coefficient (Wildman–Crippen LogP) is 3.43. The first-order chi connectivity index (χ1) is 5.95. The fourth-order valence-electron chi connectivity index (χ4n) is 1.15. The highest BCUT2D eigenvalue weighted by Crippen LogP contribution is 2.21. The lowest BCUT2D eigenvalue weighted by atomic mass is 9.91. The fourth-order valence-corrected chi connectivity index (χ4v) is 1.43. The maximum Gasteiger partial charge on any atom is 0.0492 e. The Kier molecular flexibility index (Phi) is 2.97. The largest absolute Gasteiger partial charge is 0.257 e. The predicted molar refractivity (Wildman–Crippen MR) is 57.2 cm³/mol. The molecule has 0 saturated carbocycles. The van der Waals surface area contributed by atoms with E-state index in [1.807, 2.05) is 6.92 Å². The standard InChI is InChI=1S/C11H16ClN/c1-8-9(7-12)5-6-10(13-8)11(2,3)4/h5-6H,7H2,1-4H3. The van der Waals surface area contributed by atoms with Crippen LogP contribution < -0.4 is 0 Å². The lowest BCUT2D eigenvalue weighted by molar-refractivity contribution is 0.566. The van der Waals surface area contributed by atoms with Gasteiger partial charge in [-0.3, -0.25) is 4.98 Å². The monoisotopic (exact) mass is 197 g/mol. The smallest absolute Gasteiger partial charge is 0.0492 e. The molecule has 1 aromatic heterocycles. The first-order valence-electron chi connectivity index (χ1n) is 4.48. The van der Waals surface area contributed by atoms with E-state index in [4.69, 9.17) is 11.6 Å². The molecule has 72 valence electrons. The van der Waals surface area contributed by atoms with Crippen molar-refractivity contribution in [2.45, 2.75) is 39.0 Å². The van der Waals surface area contributed by atoms with Gasteiger partial charge in [0.15, 0.2) is 0 Å². The van der Waals surface area contributed by atoms with Gasteiger partial charge in [-0.25, -0.2) is 0 Å². The third-order valence-corrected chi connectivity index (χ3v) is 2.40. The summed E-state index contributed by atoms with van der Waals surface area (Å²) in [6, 6.07) is 4.13. The van der Waals surface area contributed by atoms with Crippen molar-refractivity contribution < 1.29 is 0 Å². The van der Waals surface area contributed by atoms with Gasteiger partial charge >= 0.3 is 0 Å². The van der Waals surface area contributed by atoms with Crippen molar-refractivity contribution in [3.8, 4) is 0 Å². The summed E-state index contributed by atoms with van der Waals surface area (Å²) in [5, 5.41) is 0. The van der Waals surface area contributed by atoms with E-state index in [9.17, 15) is 0 Å². The zero-order chi connectivity index (χ0) is 10.1. The number of pyridine rings is 1. The summed E-state index contributed by atoms with van der Waals surface area (Å²) in [6.07, 6.45) is 0. The number of aryl methyl sites for hydroxylation is 1. The van der Waals surface area contributed by atoms with E-state index >= 15 is 0 Å². The number of nitrogens with zero attached hydrogens (tertiary/aromatic N) is 1. The average Bonchev–Trinajstić information content (AvgIpc) is 2.02. The Morgan fingerprint density at radius 3 is 2.31 bits per heavy atom. The lowest BCUT2D eigenvalue weighted by Crippen LogP contribution is -2.14. The van der Waals surface area contributed by atoms with Gasteiger partial charge in [-0.15, -0.1) is 11.6 Å². The van der Waals surface area contributed by atoms with Crippen molar-refractivity contribution >= 4 is 11.6 Å². The Morgan fingerprint density at radius 1 is 1.31 bits per heavy atom. The molecule has 2 heteroatoms. The Bertz CT molecular complexity index is 299. The van der Waals surface area contributed by atoms with E-state index in [2.05, 4.69) is 37.9 Å². The number of rotatable bonds is 1. The van der Waals surface area contributed by atoms with E-state index in [1.165, 1.54) is 0 Å². The van der Waals surface area contributed by atoms with E-state index in [0.29, 0.717) is 5.88 Å². The van der Waals surface area contributed by atoms with Crippen LogP contribution in [0.3, 0.4) is 0 Å². The van der Waals surface area contributed by atoms with Gasteiger partial charge in [-0.1, -0.05) is 26.8 Å². The molecule has 0 unspecified atom stereocenters. The second kappa shape index (κ2) is 3.67. The molecular formula is C11H16ClN. The molecule has 0 aliphatic carbocycles. The average molecular weight is 198 g/mol. The second-order valence-electron chi connectivity index (χ2n) is 4.32. The molecular weight excluding hydrogens is 182 g/mol. The van der Waals surface area contributed by atoms with Crippen LogP contribution in [0, 0.1) is 6.92 Å². The highest BCUT2D eigenvalue weighted by molar-refractivity contribution is 6.17. The molecule has 0 spiro atoms. The molecule has 1 heterocycles. The zero-order valence-electron chi connectivity index (χ0n) is 8.69. The minimum Gasteiger partial charge on any atom is -0.257 e. The van der Waals surface area contributed by atoms with Crippen LogP contribution in [0.25, 0.3) is 0 Å². The molecule has 0 aromatic carbocycles. The Balaban J connectivity index is 3.10. The molecule has 1 rings (SSSR count). The molecule has 1 aromatic rings. The SMILES string of the molecule is Cc1nc(C(C)(C)C)ccc1CCl. The van der Waals surface area contributed by atoms with Crippen LogP contribution in [-0.4, -0.2) is 4.98 Å². The molecule has 0 atom stereocenters. The number of alkyl halides is 1. The molecule has 0 aliphatic heterocycles. The van der Waals surface area contributed by atoms with Gasteiger partial charge in [0, 0.05) is 22.7 Å². The minimum atomic E-state index is 0.121. The third kappa shape index (κ3) is 2.44. The molecule has 0 radical (unpaired) electrons. The van der Waals surface area contributed by atoms with Crippen LogP contribution in [0.15, 0.2) is 12.1 Å². The van der Waals surface area contributed by atoms with Gasteiger partial charge in [0.2, 0.25) is 0 Å². The van der Waals surface area contributed by atoms with Crippen LogP contribution in [0.2, 0.25) is 0 Å². The minimum absolute atomic E-state index is 0.121. The van der Waals surface area contributed by atoms with E-state index in [0.717, 1.165) is 17.0 Å². The maximum atomic E-state index is 5.76. The molecule has 0 N–H and O–H groups in total. The normalized spacial score (nSPS) is 11.8. The topological polar surface area (TPSA) is 12.9 Å². The number of hydrogen-bond donors (Lipinski definition) is 0. The van der Waals surface area contributed by atoms with Gasteiger partial charge in [0.05, 0.1) is 0 Å². The highest BCUT2D eigenvalue weighted by Gasteiger charge is 2.15. The van der Waals surface area contributed by atoms with Crippen LogP contribution in [0.4, 0.5) is 0 Å². The van der Waals surface area contributed by atoms with Gasteiger partial charge < -0.3 is 0 Å². The molecule has 0 saturated heterocycles. The lowest BCUT2D eigenvalue weighted by Gasteiger charge is -2.18. The van der Waals surface area contributed by atoms with Crippen LogP contribution in [0.5, 0.6) is 0 Å². The summed E-state index contributed by atoms with van der Waals surface area (Å²) in [4.78, 5) is 4.53. The first kappa shape index (κ1) is 10.5. The number of halogens is 1. The summed E-state index contributed by atoms with van der Waals surface area (Å²) >= 11 is 5.76. The molecule has 0 amide bonds. The van der Waals surface area contributed by atoms with E-state index in [-0.39, 0.29) is 5.41 Å². The summed E-state index contributed by atoms with van der Waals surface area (Å²) in [5.41, 5.74) is 3.41. The van der Waals surface area contributed by atoms with Crippen LogP contribution in [0.1, 0.15) is 37.7 Å². The van der Waals surface area contributed by atoms with Crippen LogP contribution >= 0.6 is 11.6 Å². The van der Waals surface area contributed by atoms with E-state index < -0.39 is 0 Å². The van der Waals surface area contributed by atoms with E-state index in [1.54, 1.807) is 0 Å². The van der Waals surface area contributed by atoms with Gasteiger partial charge in [-0.2, -0.15) is 0 Å². The van der Waals surface area contributed by atoms with Crippen molar-refractivity contribution in [3.05, 3.63) is 29.1 Å². The third-order valence-electron chi connectivity index (χ3n) is 2.11. The summed E-state index contributed by atoms with van der Waals surface area (Å²) in [6.45, 7) is 8.49. The van der Waals surface area contributed by atoms with Gasteiger partial charge in [-0.05, 0) is 18.6 Å². The molecule has 0 fully saturated rings. The van der Waals surface area contributed by atoms with Crippen molar-refractivity contribution in [2.24, 2.45) is 0 Å².